The number of carbonyl (C=O) groups excluding carboxylic acids is 1. The highest BCUT2D eigenvalue weighted by atomic mass is 79.9. The van der Waals surface area contributed by atoms with Crippen molar-refractivity contribution >= 4 is 43.3 Å². The Balaban J connectivity index is 1.87. The topological polar surface area (TPSA) is 117 Å². The van der Waals surface area contributed by atoms with Crippen LogP contribution in [0.15, 0.2) is 62.4 Å². The number of aromatic nitrogens is 4. The van der Waals surface area contributed by atoms with Gasteiger partial charge in [0.15, 0.2) is 15.5 Å². The first-order valence-corrected chi connectivity index (χ1v) is 12.6. The molecule has 0 saturated carbocycles. The number of ether oxygens (including phenoxy) is 1. The van der Waals surface area contributed by atoms with Gasteiger partial charge >= 0.3 is 5.97 Å². The quantitative estimate of drug-likeness (QED) is 0.320. The zero-order valence-corrected chi connectivity index (χ0v) is 20.5. The number of carbonyl (C=O) groups is 1. The first-order chi connectivity index (χ1) is 15.7. The maximum absolute atomic E-state index is 12.5. The van der Waals surface area contributed by atoms with Crippen LogP contribution in [0.3, 0.4) is 0 Å². The molecule has 12 heteroatoms. The van der Waals surface area contributed by atoms with E-state index in [9.17, 15) is 13.2 Å². The van der Waals surface area contributed by atoms with Gasteiger partial charge in [-0.15, -0.1) is 0 Å². The Morgan fingerprint density at radius 1 is 1.21 bits per heavy atom. The summed E-state index contributed by atoms with van der Waals surface area (Å²) >= 11 is 9.77. The lowest BCUT2D eigenvalue weighted by Crippen LogP contribution is -2.07. The summed E-state index contributed by atoms with van der Waals surface area (Å²) in [5, 5.41) is 8.79. The number of hydrogen-bond acceptors (Lipinski definition) is 8. The van der Waals surface area contributed by atoms with Gasteiger partial charge in [0.1, 0.15) is 5.69 Å². The molecule has 0 aliphatic rings. The summed E-state index contributed by atoms with van der Waals surface area (Å²) in [5.74, 6) is -0.447. The summed E-state index contributed by atoms with van der Waals surface area (Å²) in [7, 11) is -3.42. The molecule has 0 fully saturated rings. The average molecular weight is 552 g/mol. The molecule has 0 bridgehead atoms. The number of esters is 1. The van der Waals surface area contributed by atoms with Crippen molar-refractivity contribution in [1.29, 1.82) is 0 Å². The third kappa shape index (κ3) is 4.56. The molecule has 0 radical (unpaired) electrons. The highest BCUT2D eigenvalue weighted by molar-refractivity contribution is 9.10. The van der Waals surface area contributed by atoms with Gasteiger partial charge in [0, 0.05) is 11.8 Å². The monoisotopic (exact) mass is 550 g/mol. The lowest BCUT2D eigenvalue weighted by atomic mass is 10.2. The third-order valence-corrected chi connectivity index (χ3v) is 6.70. The van der Waals surface area contributed by atoms with Gasteiger partial charge < -0.3 is 9.26 Å². The predicted octanol–water partition coefficient (Wildman–Crippen LogP) is 4.59. The Hall–Kier alpha value is -3.02. The molecule has 33 heavy (non-hydrogen) atoms. The van der Waals surface area contributed by atoms with E-state index in [0.717, 1.165) is 6.26 Å². The van der Waals surface area contributed by atoms with Crippen molar-refractivity contribution in [3.63, 3.8) is 0 Å². The number of sulfone groups is 1. The lowest BCUT2D eigenvalue weighted by Gasteiger charge is -2.06. The third-order valence-electron chi connectivity index (χ3n) is 4.52. The molecule has 2 aromatic carbocycles. The van der Waals surface area contributed by atoms with Crippen LogP contribution in [0.2, 0.25) is 5.02 Å². The lowest BCUT2D eigenvalue weighted by molar-refractivity contribution is 0.0518. The Morgan fingerprint density at radius 2 is 1.97 bits per heavy atom. The fourth-order valence-electron chi connectivity index (χ4n) is 3.02. The fraction of sp³-hybridized carbons (Fsp3) is 0.143. The highest BCUT2D eigenvalue weighted by Crippen LogP contribution is 2.35. The molecule has 0 unspecified atom stereocenters. The van der Waals surface area contributed by atoms with Crippen LogP contribution in [0.5, 0.6) is 0 Å². The Labute approximate surface area is 202 Å². The normalized spacial score (nSPS) is 11.5. The van der Waals surface area contributed by atoms with E-state index in [1.54, 1.807) is 43.3 Å². The van der Waals surface area contributed by atoms with Crippen LogP contribution in [-0.2, 0) is 14.6 Å². The summed E-state index contributed by atoms with van der Waals surface area (Å²) in [6.07, 6.45) is 1.11. The van der Waals surface area contributed by atoms with Crippen molar-refractivity contribution in [2.24, 2.45) is 0 Å². The molecule has 0 amide bonds. The van der Waals surface area contributed by atoms with E-state index < -0.39 is 15.8 Å². The van der Waals surface area contributed by atoms with Crippen molar-refractivity contribution < 1.29 is 22.5 Å². The SMILES string of the molecule is CCOC(=O)c1nn(-c2ccccc2Cl)c(-c2noc(-c3cccc(S(C)(=O)=O)c3)n2)c1Br. The molecule has 0 N–H and O–H groups in total. The average Bonchev–Trinajstić information content (AvgIpc) is 3.38. The van der Waals surface area contributed by atoms with Crippen LogP contribution in [0.1, 0.15) is 17.4 Å². The number of halogens is 2. The first kappa shape index (κ1) is 23.1. The molecule has 0 spiro atoms. The van der Waals surface area contributed by atoms with E-state index in [1.165, 1.54) is 16.8 Å². The summed E-state index contributed by atoms with van der Waals surface area (Å²) in [6, 6.07) is 13.1. The Kier molecular flexibility index (Phi) is 6.37. The highest BCUT2D eigenvalue weighted by Gasteiger charge is 2.28. The van der Waals surface area contributed by atoms with E-state index in [1.807, 2.05) is 0 Å². The standard InChI is InChI=1S/C21H16BrClN4O5S/c1-3-31-21(28)17-16(22)18(27(25-17)15-10-5-4-9-14(15)23)19-24-20(32-26-19)12-7-6-8-13(11-12)33(2,29)30/h4-11H,3H2,1-2H3. The van der Waals surface area contributed by atoms with Crippen LogP contribution in [-0.4, -0.2) is 47.2 Å². The van der Waals surface area contributed by atoms with Crippen molar-refractivity contribution in [1.82, 2.24) is 19.9 Å². The first-order valence-electron chi connectivity index (χ1n) is 9.55. The summed E-state index contributed by atoms with van der Waals surface area (Å²) in [6.45, 7) is 1.86. The van der Waals surface area contributed by atoms with Crippen molar-refractivity contribution in [3.8, 4) is 28.7 Å². The molecule has 0 aliphatic carbocycles. The number of rotatable bonds is 6. The number of nitrogens with zero attached hydrogens (tertiary/aromatic N) is 4. The zero-order valence-electron chi connectivity index (χ0n) is 17.3. The van der Waals surface area contributed by atoms with Gasteiger partial charge in [-0.1, -0.05) is 35.0 Å². The second-order valence-corrected chi connectivity index (χ2v) is 10.0. The van der Waals surface area contributed by atoms with Gasteiger partial charge in [-0.25, -0.2) is 17.9 Å². The number of benzene rings is 2. The fourth-order valence-corrected chi connectivity index (χ4v) is 4.49. The van der Waals surface area contributed by atoms with Gasteiger partial charge in [-0.2, -0.15) is 10.1 Å². The van der Waals surface area contributed by atoms with Crippen LogP contribution in [0.4, 0.5) is 0 Å². The van der Waals surface area contributed by atoms with Gasteiger partial charge in [0.25, 0.3) is 5.89 Å². The minimum atomic E-state index is -3.42. The Bertz CT molecular complexity index is 1470. The largest absolute Gasteiger partial charge is 0.461 e. The number of para-hydroxylation sites is 1. The molecule has 0 atom stereocenters. The molecule has 2 heterocycles. The number of hydrogen-bond donors (Lipinski definition) is 0. The maximum Gasteiger partial charge on any atom is 0.360 e. The summed E-state index contributed by atoms with van der Waals surface area (Å²) < 4.78 is 36.0. The predicted molar refractivity (Wildman–Crippen MR) is 124 cm³/mol. The van der Waals surface area contributed by atoms with Crippen molar-refractivity contribution in [3.05, 3.63) is 63.7 Å². The minimum Gasteiger partial charge on any atom is -0.461 e. The Morgan fingerprint density at radius 3 is 2.67 bits per heavy atom. The van der Waals surface area contributed by atoms with Crippen LogP contribution < -0.4 is 0 Å². The molecular formula is C21H16BrClN4O5S. The van der Waals surface area contributed by atoms with Gasteiger partial charge in [0.05, 0.1) is 26.7 Å². The molecule has 0 saturated heterocycles. The molecule has 4 aromatic rings. The second kappa shape index (κ2) is 9.08. The van der Waals surface area contributed by atoms with Crippen molar-refractivity contribution in [2.75, 3.05) is 12.9 Å². The van der Waals surface area contributed by atoms with Crippen LogP contribution >= 0.6 is 27.5 Å². The summed E-state index contributed by atoms with van der Waals surface area (Å²) in [5.41, 5.74) is 1.22. The van der Waals surface area contributed by atoms with Crippen molar-refractivity contribution in [2.45, 2.75) is 11.8 Å². The zero-order chi connectivity index (χ0) is 23.8. The van der Waals surface area contributed by atoms with Gasteiger partial charge in [0.2, 0.25) is 5.82 Å². The molecule has 4 rings (SSSR count). The van der Waals surface area contributed by atoms with Crippen LogP contribution in [0.25, 0.3) is 28.7 Å². The molecular weight excluding hydrogens is 536 g/mol. The van der Waals surface area contributed by atoms with Gasteiger partial charge in [-0.05, 0) is 53.2 Å². The van der Waals surface area contributed by atoms with E-state index in [-0.39, 0.29) is 33.4 Å². The maximum atomic E-state index is 12.5. The smallest absolute Gasteiger partial charge is 0.360 e. The van der Waals surface area contributed by atoms with E-state index in [2.05, 4.69) is 31.2 Å². The molecule has 9 nitrogen and oxygen atoms in total. The van der Waals surface area contributed by atoms with E-state index >= 15 is 0 Å². The minimum absolute atomic E-state index is 0.0113. The summed E-state index contributed by atoms with van der Waals surface area (Å²) in [4.78, 5) is 17.0. The van der Waals surface area contributed by atoms with E-state index in [4.69, 9.17) is 20.9 Å². The van der Waals surface area contributed by atoms with Crippen LogP contribution in [0, 0.1) is 0 Å². The molecule has 170 valence electrons. The molecule has 2 aromatic heterocycles. The second-order valence-electron chi connectivity index (χ2n) is 6.82. The van der Waals surface area contributed by atoms with Gasteiger partial charge in [-0.3, -0.25) is 0 Å². The van der Waals surface area contributed by atoms with E-state index in [0.29, 0.717) is 22.0 Å². The molecule has 0 aliphatic heterocycles.